The van der Waals surface area contributed by atoms with E-state index in [1.54, 1.807) is 12.1 Å². The molecule has 0 aliphatic rings. The van der Waals surface area contributed by atoms with Crippen molar-refractivity contribution in [3.05, 3.63) is 59.7 Å². The number of hydrogen-bond donors (Lipinski definition) is 1. The van der Waals surface area contributed by atoms with E-state index in [4.69, 9.17) is 9.84 Å². The first-order valence-electron chi connectivity index (χ1n) is 5.21. The van der Waals surface area contributed by atoms with Crippen molar-refractivity contribution in [2.24, 2.45) is 0 Å². The third-order valence-electron chi connectivity index (χ3n) is 2.33. The van der Waals surface area contributed by atoms with Gasteiger partial charge in [-0.3, -0.25) is 4.98 Å². The van der Waals surface area contributed by atoms with Crippen LogP contribution >= 0.6 is 0 Å². The number of ether oxygens (including phenoxy) is 1. The van der Waals surface area contributed by atoms with Crippen LogP contribution in [0.25, 0.3) is 0 Å². The van der Waals surface area contributed by atoms with Crippen LogP contribution in [0.2, 0.25) is 0 Å². The Balaban J connectivity index is 2.13. The largest absolute Gasteiger partial charge is 0.489 e. The van der Waals surface area contributed by atoms with Crippen molar-refractivity contribution in [1.29, 1.82) is 0 Å². The summed E-state index contributed by atoms with van der Waals surface area (Å²) in [7, 11) is 0. The molecule has 0 saturated heterocycles. The van der Waals surface area contributed by atoms with Gasteiger partial charge < -0.3 is 9.84 Å². The summed E-state index contributed by atoms with van der Waals surface area (Å²) < 4.78 is 18.2. The van der Waals surface area contributed by atoms with Gasteiger partial charge >= 0.3 is 5.97 Å². The number of pyridine rings is 1. The molecule has 18 heavy (non-hydrogen) atoms. The molecule has 0 bridgehead atoms. The van der Waals surface area contributed by atoms with Gasteiger partial charge in [0, 0.05) is 24.0 Å². The van der Waals surface area contributed by atoms with Crippen LogP contribution in [0.1, 0.15) is 15.9 Å². The Morgan fingerprint density at radius 2 is 2.22 bits per heavy atom. The van der Waals surface area contributed by atoms with E-state index in [-0.39, 0.29) is 12.2 Å². The third-order valence-corrected chi connectivity index (χ3v) is 2.33. The minimum absolute atomic E-state index is 0.0492. The molecule has 0 unspecified atom stereocenters. The molecule has 1 heterocycles. The molecule has 0 aliphatic carbocycles. The number of hydrogen-bond acceptors (Lipinski definition) is 3. The van der Waals surface area contributed by atoms with Crippen molar-refractivity contribution >= 4 is 5.97 Å². The zero-order valence-corrected chi connectivity index (χ0v) is 9.34. The van der Waals surface area contributed by atoms with Crippen LogP contribution < -0.4 is 4.74 Å². The van der Waals surface area contributed by atoms with Gasteiger partial charge in [0.05, 0.1) is 5.56 Å². The van der Waals surface area contributed by atoms with Crippen LogP contribution in [-0.4, -0.2) is 16.1 Å². The van der Waals surface area contributed by atoms with Crippen molar-refractivity contribution in [3.63, 3.8) is 0 Å². The number of carbonyl (C=O) groups is 1. The van der Waals surface area contributed by atoms with E-state index in [1.807, 2.05) is 0 Å². The quantitative estimate of drug-likeness (QED) is 0.901. The normalized spacial score (nSPS) is 10.1. The summed E-state index contributed by atoms with van der Waals surface area (Å²) >= 11 is 0. The lowest BCUT2D eigenvalue weighted by Crippen LogP contribution is -2.06. The van der Waals surface area contributed by atoms with Gasteiger partial charge in [0.15, 0.2) is 0 Å². The summed E-state index contributed by atoms with van der Waals surface area (Å²) in [6, 6.07) is 7.23. The van der Waals surface area contributed by atoms with Gasteiger partial charge in [-0.05, 0) is 18.2 Å². The zero-order chi connectivity index (χ0) is 13.0. The summed E-state index contributed by atoms with van der Waals surface area (Å²) in [5.74, 6) is -1.12. The van der Waals surface area contributed by atoms with Gasteiger partial charge in [-0.1, -0.05) is 6.07 Å². The van der Waals surface area contributed by atoms with E-state index in [2.05, 4.69) is 4.98 Å². The lowest BCUT2D eigenvalue weighted by atomic mass is 10.1. The summed E-state index contributed by atoms with van der Waals surface area (Å²) in [6.07, 6.45) is 2.74. The highest BCUT2D eigenvalue weighted by Gasteiger charge is 2.10. The first-order chi connectivity index (χ1) is 8.66. The molecule has 0 atom stereocenters. The Morgan fingerprint density at radius 3 is 2.94 bits per heavy atom. The molecule has 0 amide bonds. The number of rotatable bonds is 4. The first-order valence-corrected chi connectivity index (χ1v) is 5.21. The minimum Gasteiger partial charge on any atom is -0.489 e. The predicted octanol–water partition coefficient (Wildman–Crippen LogP) is 2.50. The number of aromatic carboxylic acids is 1. The summed E-state index contributed by atoms with van der Waals surface area (Å²) in [5, 5.41) is 8.95. The molecule has 4 nitrogen and oxygen atoms in total. The lowest BCUT2D eigenvalue weighted by Gasteiger charge is -2.08. The fraction of sp³-hybridized carbons (Fsp3) is 0.0769. The van der Waals surface area contributed by atoms with Crippen molar-refractivity contribution in [3.8, 4) is 5.75 Å². The fourth-order valence-electron chi connectivity index (χ4n) is 1.46. The van der Waals surface area contributed by atoms with Crippen LogP contribution in [-0.2, 0) is 6.61 Å². The van der Waals surface area contributed by atoms with Gasteiger partial charge in [0.1, 0.15) is 18.2 Å². The van der Waals surface area contributed by atoms with Crippen molar-refractivity contribution in [2.45, 2.75) is 6.61 Å². The van der Waals surface area contributed by atoms with E-state index in [0.29, 0.717) is 11.3 Å². The van der Waals surface area contributed by atoms with E-state index in [0.717, 1.165) is 0 Å². The maximum absolute atomic E-state index is 12.9. The highest BCUT2D eigenvalue weighted by molar-refractivity contribution is 5.88. The van der Waals surface area contributed by atoms with Gasteiger partial charge in [-0.25, -0.2) is 9.18 Å². The number of halogens is 1. The average molecular weight is 247 g/mol. The zero-order valence-electron chi connectivity index (χ0n) is 9.34. The van der Waals surface area contributed by atoms with Crippen molar-refractivity contribution in [2.75, 3.05) is 0 Å². The van der Waals surface area contributed by atoms with Crippen molar-refractivity contribution in [1.82, 2.24) is 4.98 Å². The maximum atomic E-state index is 12.9. The number of nitrogens with zero attached hydrogens (tertiary/aromatic N) is 1. The Kier molecular flexibility index (Phi) is 3.52. The molecule has 0 spiro atoms. The van der Waals surface area contributed by atoms with Crippen molar-refractivity contribution < 1.29 is 19.0 Å². The van der Waals surface area contributed by atoms with E-state index >= 15 is 0 Å². The van der Waals surface area contributed by atoms with Crippen LogP contribution in [0.5, 0.6) is 5.75 Å². The standard InChI is InChI=1S/C13H10FNO3/c14-10-2-1-3-11(6-10)18-8-9-4-5-15-7-12(9)13(16)17/h1-7H,8H2,(H,16,17). The van der Waals surface area contributed by atoms with Gasteiger partial charge in [-0.15, -0.1) is 0 Å². The van der Waals surface area contributed by atoms with Crippen LogP contribution in [0.15, 0.2) is 42.7 Å². The molecule has 2 aromatic rings. The average Bonchev–Trinajstić information content (AvgIpc) is 2.37. The Bertz CT molecular complexity index is 572. The molecule has 0 radical (unpaired) electrons. The van der Waals surface area contributed by atoms with Gasteiger partial charge in [-0.2, -0.15) is 0 Å². The predicted molar refractivity (Wildman–Crippen MR) is 61.9 cm³/mol. The Labute approximate surface area is 103 Å². The molecule has 0 aliphatic heterocycles. The van der Waals surface area contributed by atoms with Gasteiger partial charge in [0.2, 0.25) is 0 Å². The summed E-state index contributed by atoms with van der Waals surface area (Å²) in [5.41, 5.74) is 0.565. The number of carboxylic acids is 1. The minimum atomic E-state index is -1.07. The third kappa shape index (κ3) is 2.82. The fourth-order valence-corrected chi connectivity index (χ4v) is 1.46. The Hall–Kier alpha value is -2.43. The SMILES string of the molecule is O=C(O)c1cnccc1COc1cccc(F)c1. The number of aromatic nitrogens is 1. The molecule has 1 N–H and O–H groups in total. The smallest absolute Gasteiger partial charge is 0.337 e. The summed E-state index contributed by atoms with van der Waals surface area (Å²) in [4.78, 5) is 14.7. The monoisotopic (exact) mass is 247 g/mol. The van der Waals surface area contributed by atoms with E-state index in [1.165, 1.54) is 30.6 Å². The first kappa shape index (κ1) is 12.0. The molecule has 2 rings (SSSR count). The van der Waals surface area contributed by atoms with Crippen LogP contribution in [0, 0.1) is 5.82 Å². The maximum Gasteiger partial charge on any atom is 0.337 e. The highest BCUT2D eigenvalue weighted by Crippen LogP contribution is 2.15. The highest BCUT2D eigenvalue weighted by atomic mass is 19.1. The molecule has 1 aromatic carbocycles. The van der Waals surface area contributed by atoms with Crippen LogP contribution in [0.4, 0.5) is 4.39 Å². The summed E-state index contributed by atoms with van der Waals surface area (Å²) in [6.45, 7) is 0.0492. The Morgan fingerprint density at radius 1 is 1.39 bits per heavy atom. The second-order valence-corrected chi connectivity index (χ2v) is 3.58. The number of carboxylic acid groups (broad SMARTS) is 1. The molecule has 1 aromatic heterocycles. The number of benzene rings is 1. The molecule has 5 heteroatoms. The lowest BCUT2D eigenvalue weighted by molar-refractivity contribution is 0.0693. The van der Waals surface area contributed by atoms with E-state index in [9.17, 15) is 9.18 Å². The molecule has 92 valence electrons. The van der Waals surface area contributed by atoms with E-state index < -0.39 is 11.8 Å². The topological polar surface area (TPSA) is 59.4 Å². The molecule has 0 saturated carbocycles. The van der Waals surface area contributed by atoms with Gasteiger partial charge in [0.25, 0.3) is 0 Å². The molecular formula is C13H10FNO3. The second kappa shape index (κ2) is 5.27. The molecular weight excluding hydrogens is 237 g/mol. The second-order valence-electron chi connectivity index (χ2n) is 3.58. The molecule has 0 fully saturated rings. The van der Waals surface area contributed by atoms with Crippen LogP contribution in [0.3, 0.4) is 0 Å².